The monoisotopic (exact) mass is 287 g/mol. The van der Waals surface area contributed by atoms with Crippen LogP contribution in [0.15, 0.2) is 18.2 Å². The number of hydrogen-bond acceptors (Lipinski definition) is 4. The summed E-state index contributed by atoms with van der Waals surface area (Å²) in [6.07, 6.45) is 0.631. The van der Waals surface area contributed by atoms with Crippen LogP contribution < -0.4 is 4.74 Å². The molecule has 1 aromatic rings. The number of ether oxygens (including phenoxy) is 2. The Morgan fingerprint density at radius 1 is 1.42 bits per heavy atom. The molecular formula is C13H18ClNO4. The zero-order valence-electron chi connectivity index (χ0n) is 11.3. The number of nitro groups is 1. The molecule has 0 radical (unpaired) electrons. The molecule has 0 aliphatic carbocycles. The van der Waals surface area contributed by atoms with Gasteiger partial charge in [0.1, 0.15) is 0 Å². The second-order valence-electron chi connectivity index (χ2n) is 4.76. The van der Waals surface area contributed by atoms with Crippen molar-refractivity contribution in [1.82, 2.24) is 0 Å². The minimum atomic E-state index is -0.463. The van der Waals surface area contributed by atoms with Crippen molar-refractivity contribution < 1.29 is 14.4 Å². The highest BCUT2D eigenvalue weighted by molar-refractivity contribution is 6.17. The van der Waals surface area contributed by atoms with Crippen LogP contribution in [-0.2, 0) is 10.6 Å². The fourth-order valence-electron chi connectivity index (χ4n) is 1.42. The molecule has 19 heavy (non-hydrogen) atoms. The van der Waals surface area contributed by atoms with Crippen LogP contribution in [0.2, 0.25) is 0 Å². The predicted molar refractivity (Wildman–Crippen MR) is 73.9 cm³/mol. The van der Waals surface area contributed by atoms with Crippen molar-refractivity contribution in [2.45, 2.75) is 31.7 Å². The van der Waals surface area contributed by atoms with Crippen molar-refractivity contribution in [1.29, 1.82) is 0 Å². The number of halogens is 1. The molecule has 0 saturated carbocycles. The Hall–Kier alpha value is -1.33. The van der Waals surface area contributed by atoms with E-state index in [1.54, 1.807) is 19.2 Å². The van der Waals surface area contributed by atoms with Gasteiger partial charge in [-0.15, -0.1) is 11.6 Å². The second kappa shape index (κ2) is 6.73. The number of alkyl halides is 1. The van der Waals surface area contributed by atoms with Gasteiger partial charge in [0.25, 0.3) is 0 Å². The highest BCUT2D eigenvalue weighted by atomic mass is 35.5. The van der Waals surface area contributed by atoms with Gasteiger partial charge in [-0.25, -0.2) is 0 Å². The summed E-state index contributed by atoms with van der Waals surface area (Å²) in [6.45, 7) is 4.20. The molecule has 0 atom stereocenters. The number of methoxy groups -OCH3 is 1. The number of hydrogen-bond donors (Lipinski definition) is 0. The van der Waals surface area contributed by atoms with Crippen molar-refractivity contribution in [3.63, 3.8) is 0 Å². The molecule has 0 aromatic heterocycles. The average molecular weight is 288 g/mol. The molecule has 0 aliphatic heterocycles. The summed E-state index contributed by atoms with van der Waals surface area (Å²) in [5.41, 5.74) is 0.413. The lowest BCUT2D eigenvalue weighted by Crippen LogP contribution is -2.25. The summed E-state index contributed by atoms with van der Waals surface area (Å²) in [5.74, 6) is 0.535. The molecule has 5 nitrogen and oxygen atoms in total. The third-order valence-corrected chi connectivity index (χ3v) is 3.20. The zero-order chi connectivity index (χ0) is 14.5. The first-order chi connectivity index (χ1) is 8.89. The van der Waals surface area contributed by atoms with E-state index in [1.807, 2.05) is 13.8 Å². The van der Waals surface area contributed by atoms with Gasteiger partial charge in [-0.1, -0.05) is 6.07 Å². The van der Waals surface area contributed by atoms with Gasteiger partial charge in [-0.3, -0.25) is 10.1 Å². The first-order valence-corrected chi connectivity index (χ1v) is 6.44. The van der Waals surface area contributed by atoms with Crippen LogP contribution in [-0.4, -0.2) is 24.2 Å². The molecule has 0 aliphatic rings. The molecule has 106 valence electrons. The van der Waals surface area contributed by atoms with Crippen LogP contribution in [0.1, 0.15) is 25.8 Å². The second-order valence-corrected chi connectivity index (χ2v) is 5.02. The highest BCUT2D eigenvalue weighted by Crippen LogP contribution is 2.29. The predicted octanol–water partition coefficient (Wildman–Crippen LogP) is 3.53. The summed E-state index contributed by atoms with van der Waals surface area (Å²) in [5, 5.41) is 10.9. The number of benzene rings is 1. The molecule has 6 heteroatoms. The van der Waals surface area contributed by atoms with E-state index < -0.39 is 4.92 Å². The Bertz CT molecular complexity index is 448. The number of rotatable bonds is 7. The molecule has 0 bridgehead atoms. The van der Waals surface area contributed by atoms with Crippen molar-refractivity contribution >= 4 is 17.3 Å². The van der Waals surface area contributed by atoms with E-state index in [4.69, 9.17) is 21.1 Å². The van der Waals surface area contributed by atoms with Crippen molar-refractivity contribution in [3.05, 3.63) is 33.9 Å². The number of nitrogens with zero attached hydrogens (tertiary/aromatic N) is 1. The maximum Gasteiger partial charge on any atom is 0.310 e. The topological polar surface area (TPSA) is 61.6 Å². The van der Waals surface area contributed by atoms with Gasteiger partial charge >= 0.3 is 5.69 Å². The van der Waals surface area contributed by atoms with E-state index in [-0.39, 0.29) is 22.9 Å². The molecule has 0 spiro atoms. The minimum absolute atomic E-state index is 0.0518. The summed E-state index contributed by atoms with van der Waals surface area (Å²) < 4.78 is 10.8. The molecule has 1 rings (SSSR count). The Balaban J connectivity index is 2.78. The lowest BCUT2D eigenvalue weighted by Gasteiger charge is -2.22. The van der Waals surface area contributed by atoms with Gasteiger partial charge in [-0.05, 0) is 25.5 Å². The van der Waals surface area contributed by atoms with Crippen LogP contribution in [0.25, 0.3) is 0 Å². The largest absolute Gasteiger partial charge is 0.487 e. The maximum absolute atomic E-state index is 10.9. The Morgan fingerprint density at radius 2 is 2.11 bits per heavy atom. The number of nitro benzene ring substituents is 1. The van der Waals surface area contributed by atoms with E-state index >= 15 is 0 Å². The normalized spacial score (nSPS) is 11.4. The fourth-order valence-corrected chi connectivity index (χ4v) is 1.58. The molecule has 1 aromatic carbocycles. The molecule has 0 amide bonds. The molecule has 0 unspecified atom stereocenters. The van der Waals surface area contributed by atoms with Gasteiger partial charge in [0, 0.05) is 25.5 Å². The maximum atomic E-state index is 10.9. The quantitative estimate of drug-likeness (QED) is 0.437. The first-order valence-electron chi connectivity index (χ1n) is 5.91. The molecular weight excluding hydrogens is 270 g/mol. The Kier molecular flexibility index (Phi) is 5.57. The average Bonchev–Trinajstić information content (AvgIpc) is 2.38. The summed E-state index contributed by atoms with van der Waals surface area (Å²) in [6, 6.07) is 4.64. The Morgan fingerprint density at radius 3 is 2.63 bits per heavy atom. The van der Waals surface area contributed by atoms with Crippen LogP contribution >= 0.6 is 11.6 Å². The minimum Gasteiger partial charge on any atom is -0.487 e. The summed E-state index contributed by atoms with van der Waals surface area (Å²) in [4.78, 5) is 10.4. The van der Waals surface area contributed by atoms with E-state index in [1.165, 1.54) is 6.07 Å². The molecule has 0 fully saturated rings. The van der Waals surface area contributed by atoms with Gasteiger partial charge in [-0.2, -0.15) is 0 Å². The third kappa shape index (κ3) is 4.69. The van der Waals surface area contributed by atoms with Crippen molar-refractivity contribution in [2.24, 2.45) is 0 Å². The standard InChI is InChI=1S/C13H18ClNO4/c1-13(2,18-3)6-7-19-12-8-10(9-14)4-5-11(12)15(16)17/h4-5,8H,6-7,9H2,1-3H3. The van der Waals surface area contributed by atoms with Gasteiger partial charge in [0.05, 0.1) is 17.1 Å². The van der Waals surface area contributed by atoms with Crippen molar-refractivity contribution in [2.75, 3.05) is 13.7 Å². The van der Waals surface area contributed by atoms with Gasteiger partial charge in [0.2, 0.25) is 0 Å². The molecule has 0 heterocycles. The zero-order valence-corrected chi connectivity index (χ0v) is 12.1. The van der Waals surface area contributed by atoms with E-state index in [2.05, 4.69) is 0 Å². The SMILES string of the molecule is COC(C)(C)CCOc1cc(CCl)ccc1[N+](=O)[O-]. The first kappa shape index (κ1) is 15.7. The summed E-state index contributed by atoms with van der Waals surface area (Å²) in [7, 11) is 1.62. The third-order valence-electron chi connectivity index (χ3n) is 2.89. The van der Waals surface area contributed by atoms with Gasteiger partial charge < -0.3 is 9.47 Å². The van der Waals surface area contributed by atoms with Crippen LogP contribution in [0, 0.1) is 10.1 Å². The van der Waals surface area contributed by atoms with E-state index in [0.717, 1.165) is 5.56 Å². The lowest BCUT2D eigenvalue weighted by atomic mass is 10.1. The molecule has 0 saturated heterocycles. The van der Waals surface area contributed by atoms with Crippen LogP contribution in [0.4, 0.5) is 5.69 Å². The van der Waals surface area contributed by atoms with E-state index in [9.17, 15) is 10.1 Å². The summed E-state index contributed by atoms with van der Waals surface area (Å²) >= 11 is 5.71. The Labute approximate surface area is 117 Å². The van der Waals surface area contributed by atoms with Crippen LogP contribution in [0.3, 0.4) is 0 Å². The smallest absolute Gasteiger partial charge is 0.310 e. The van der Waals surface area contributed by atoms with E-state index in [0.29, 0.717) is 13.0 Å². The van der Waals surface area contributed by atoms with Gasteiger partial charge in [0.15, 0.2) is 5.75 Å². The van der Waals surface area contributed by atoms with Crippen LogP contribution in [0.5, 0.6) is 5.75 Å². The fraction of sp³-hybridized carbons (Fsp3) is 0.538. The van der Waals surface area contributed by atoms with Crippen molar-refractivity contribution in [3.8, 4) is 5.75 Å². The lowest BCUT2D eigenvalue weighted by molar-refractivity contribution is -0.385. The molecule has 0 N–H and O–H groups in total. The highest BCUT2D eigenvalue weighted by Gasteiger charge is 2.19.